The third-order valence-electron chi connectivity index (χ3n) is 12.0. The number of aromatic amines is 2. The largest absolute Gasteiger partial charge is 0.453 e. The van der Waals surface area contributed by atoms with E-state index in [4.69, 9.17) is 14.7 Å². The van der Waals surface area contributed by atoms with Crippen molar-refractivity contribution in [3.63, 3.8) is 0 Å². The van der Waals surface area contributed by atoms with E-state index in [0.717, 1.165) is 65.8 Å². The van der Waals surface area contributed by atoms with Gasteiger partial charge in [-0.25, -0.2) is 14.8 Å². The Morgan fingerprint density at radius 3 is 2.20 bits per heavy atom. The van der Waals surface area contributed by atoms with Gasteiger partial charge in [0.25, 0.3) is 0 Å². The van der Waals surface area contributed by atoms with Gasteiger partial charge in [0.1, 0.15) is 17.7 Å². The quantitative estimate of drug-likeness (QED) is 0.147. The minimum atomic E-state index is -1.10. The summed E-state index contributed by atoms with van der Waals surface area (Å²) in [6.07, 6.45) is 10.9. The zero-order chi connectivity index (χ0) is 33.4. The second-order valence-electron chi connectivity index (χ2n) is 14.7. The van der Waals surface area contributed by atoms with Crippen LogP contribution in [-0.4, -0.2) is 73.3 Å². The number of aromatic nitrogens is 4. The van der Waals surface area contributed by atoms with Crippen LogP contribution in [0.4, 0.5) is 4.79 Å². The Hall–Kier alpha value is -4.48. The van der Waals surface area contributed by atoms with E-state index in [0.29, 0.717) is 18.0 Å². The second-order valence-corrected chi connectivity index (χ2v) is 14.7. The van der Waals surface area contributed by atoms with E-state index < -0.39 is 18.2 Å². The van der Waals surface area contributed by atoms with Crippen LogP contribution in [0.25, 0.3) is 44.8 Å². The molecule has 5 aliphatic rings. The molecule has 2 saturated carbocycles. The maximum atomic E-state index is 13.9. The van der Waals surface area contributed by atoms with E-state index in [1.165, 1.54) is 62.0 Å². The number of aliphatic hydroxyl groups excluding tert-OH is 1. The molecule has 11 nitrogen and oxygen atoms in total. The van der Waals surface area contributed by atoms with Gasteiger partial charge in [-0.05, 0) is 91.7 Å². The molecule has 2 saturated heterocycles. The van der Waals surface area contributed by atoms with Crippen molar-refractivity contribution in [3.8, 4) is 44.8 Å². The smallest absolute Gasteiger partial charge is 0.407 e. The minimum absolute atomic E-state index is 0.0528. The number of nitrogens with zero attached hydrogens (tertiary/aromatic N) is 3. The summed E-state index contributed by atoms with van der Waals surface area (Å²) in [5, 5.41) is 16.8. The van der Waals surface area contributed by atoms with Crippen LogP contribution in [0.1, 0.15) is 82.0 Å². The van der Waals surface area contributed by atoms with Crippen molar-refractivity contribution in [1.82, 2.24) is 35.5 Å². The summed E-state index contributed by atoms with van der Waals surface area (Å²) < 4.78 is 4.74. The van der Waals surface area contributed by atoms with Crippen LogP contribution in [-0.2, 0) is 9.53 Å². The van der Waals surface area contributed by atoms with Crippen LogP contribution in [0.3, 0.4) is 0 Å². The number of hydrogen-bond donors (Lipinski definition) is 5. The SMILES string of the molecule is COC(=O)NC(C(=O)N1C(c2ncc(-c3ccc4c(c3)-c3ccc(-c5cnc(C6CC7CCCC7N6)[nH]5)cc3-4)[nH]2)CC2CCCC21)C(C)O. The Kier molecular flexibility index (Phi) is 7.39. The maximum Gasteiger partial charge on any atom is 0.407 e. The summed E-state index contributed by atoms with van der Waals surface area (Å²) in [5.74, 6) is 2.61. The van der Waals surface area contributed by atoms with E-state index in [1.54, 1.807) is 0 Å². The Morgan fingerprint density at radius 1 is 0.878 bits per heavy atom. The molecule has 0 radical (unpaired) electrons. The summed E-state index contributed by atoms with van der Waals surface area (Å²) in [6.45, 7) is 1.51. The number of benzene rings is 2. The Labute approximate surface area is 285 Å². The molecule has 4 fully saturated rings. The number of carbonyl (C=O) groups is 2. The number of nitrogens with one attached hydrogen (secondary N) is 4. The number of H-pyrrole nitrogens is 2. The molecule has 11 heteroatoms. The molecule has 9 rings (SSSR count). The van der Waals surface area contributed by atoms with Crippen molar-refractivity contribution < 1.29 is 19.4 Å². The average molecular weight is 662 g/mol. The van der Waals surface area contributed by atoms with Crippen LogP contribution >= 0.6 is 0 Å². The van der Waals surface area contributed by atoms with E-state index in [1.807, 2.05) is 17.3 Å². The lowest BCUT2D eigenvalue weighted by Gasteiger charge is -2.33. The van der Waals surface area contributed by atoms with Gasteiger partial charge in [0, 0.05) is 23.2 Å². The van der Waals surface area contributed by atoms with Gasteiger partial charge < -0.3 is 35.3 Å². The van der Waals surface area contributed by atoms with Gasteiger partial charge in [-0.3, -0.25) is 4.79 Å². The average Bonchev–Trinajstić information content (AvgIpc) is 3.93. The van der Waals surface area contributed by atoms with Gasteiger partial charge in [-0.2, -0.15) is 0 Å². The monoisotopic (exact) mass is 661 g/mol. The van der Waals surface area contributed by atoms with Crippen molar-refractivity contribution in [1.29, 1.82) is 0 Å². The number of carbonyl (C=O) groups excluding carboxylic acids is 2. The number of likely N-dealkylation sites (tertiary alicyclic amines) is 1. The van der Waals surface area contributed by atoms with Crippen LogP contribution < -0.4 is 10.6 Å². The molecule has 49 heavy (non-hydrogen) atoms. The van der Waals surface area contributed by atoms with Gasteiger partial charge in [0.05, 0.1) is 49.1 Å². The molecule has 2 aromatic carbocycles. The van der Waals surface area contributed by atoms with Crippen molar-refractivity contribution in [3.05, 3.63) is 60.4 Å². The summed E-state index contributed by atoms with van der Waals surface area (Å²) in [6, 6.07) is 12.8. The molecule has 2 amide bonds. The molecule has 3 aliphatic carbocycles. The van der Waals surface area contributed by atoms with Crippen molar-refractivity contribution in [2.24, 2.45) is 11.8 Å². The van der Waals surface area contributed by atoms with Gasteiger partial charge in [-0.1, -0.05) is 37.1 Å². The number of amides is 2. The third kappa shape index (κ3) is 5.08. The lowest BCUT2D eigenvalue weighted by molar-refractivity contribution is -0.139. The van der Waals surface area contributed by atoms with Crippen LogP contribution in [0.5, 0.6) is 0 Å². The molecule has 0 bridgehead atoms. The lowest BCUT2D eigenvalue weighted by atomic mass is 9.78. The Morgan fingerprint density at radius 2 is 1.53 bits per heavy atom. The zero-order valence-corrected chi connectivity index (χ0v) is 27.9. The first-order chi connectivity index (χ1) is 23.9. The number of rotatable bonds is 7. The molecule has 4 heterocycles. The van der Waals surface area contributed by atoms with Crippen molar-refractivity contribution in [2.45, 2.75) is 94.6 Å². The van der Waals surface area contributed by atoms with Gasteiger partial charge >= 0.3 is 6.09 Å². The third-order valence-corrected chi connectivity index (χ3v) is 12.0. The first kappa shape index (κ1) is 30.6. The normalized spacial score (nSPS) is 27.5. The number of hydrogen-bond acceptors (Lipinski definition) is 7. The fourth-order valence-electron chi connectivity index (χ4n) is 9.53. The van der Waals surface area contributed by atoms with Crippen LogP contribution in [0.2, 0.25) is 0 Å². The molecule has 4 aromatic rings. The van der Waals surface area contributed by atoms with E-state index in [9.17, 15) is 14.7 Å². The maximum absolute atomic E-state index is 13.9. The summed E-state index contributed by atoms with van der Waals surface area (Å²) >= 11 is 0. The Bertz CT molecular complexity index is 1920. The first-order valence-electron chi connectivity index (χ1n) is 17.9. The summed E-state index contributed by atoms with van der Waals surface area (Å²) in [5.41, 5.74) is 9.03. The number of fused-ring (bicyclic) bond motifs is 6. The van der Waals surface area contributed by atoms with E-state index in [-0.39, 0.29) is 18.0 Å². The van der Waals surface area contributed by atoms with Gasteiger partial charge in [-0.15, -0.1) is 0 Å². The number of imidazole rings is 2. The number of aliphatic hydroxyl groups is 1. The summed E-state index contributed by atoms with van der Waals surface area (Å²) in [7, 11) is 1.25. The van der Waals surface area contributed by atoms with Crippen LogP contribution in [0.15, 0.2) is 48.8 Å². The highest BCUT2D eigenvalue weighted by molar-refractivity contribution is 6.04. The van der Waals surface area contributed by atoms with Gasteiger partial charge in [0.2, 0.25) is 5.91 Å². The summed E-state index contributed by atoms with van der Waals surface area (Å²) in [4.78, 5) is 44.5. The first-order valence-corrected chi connectivity index (χ1v) is 17.9. The topological polar surface area (TPSA) is 148 Å². The second kappa shape index (κ2) is 11.8. The number of alkyl carbamates (subject to hydrolysis) is 1. The minimum Gasteiger partial charge on any atom is -0.453 e. The molecular weight excluding hydrogens is 618 g/mol. The molecule has 8 atom stereocenters. The van der Waals surface area contributed by atoms with E-state index in [2.05, 4.69) is 57.0 Å². The number of methoxy groups -OCH3 is 1. The standard InChI is InChI=1S/C38H43N7O4/c1-19(46)34(44-38(48)49-2)37(47)45-32-8-4-6-23(32)16-33(45)36-40-18-31(43-36)22-10-12-25-26-13-21(9-11-24(26)27(25)14-22)30-17-39-35(42-30)29-15-20-5-3-7-28(20)41-29/h9-14,17-20,23,28-29,32-34,41,46H,3-8,15-16H2,1-2H3,(H,39,42)(H,40,43)(H,44,48). The predicted molar refractivity (Wildman–Crippen MR) is 184 cm³/mol. The molecule has 2 aliphatic heterocycles. The molecule has 2 aromatic heterocycles. The Balaban J connectivity index is 0.933. The highest BCUT2D eigenvalue weighted by Crippen LogP contribution is 2.51. The highest BCUT2D eigenvalue weighted by Gasteiger charge is 2.49. The molecule has 5 N–H and O–H groups in total. The lowest BCUT2D eigenvalue weighted by Crippen LogP contribution is -2.55. The fraction of sp³-hybridized carbons (Fsp3) is 0.474. The van der Waals surface area contributed by atoms with Crippen LogP contribution in [0, 0.1) is 11.8 Å². The van der Waals surface area contributed by atoms with E-state index >= 15 is 0 Å². The van der Waals surface area contributed by atoms with Crippen molar-refractivity contribution >= 4 is 12.0 Å². The highest BCUT2D eigenvalue weighted by atomic mass is 16.5. The van der Waals surface area contributed by atoms with Gasteiger partial charge in [0.15, 0.2) is 0 Å². The number of ether oxygens (including phenoxy) is 1. The fourth-order valence-corrected chi connectivity index (χ4v) is 9.53. The predicted octanol–water partition coefficient (Wildman–Crippen LogP) is 5.86. The molecular formula is C38H43N7O4. The zero-order valence-electron chi connectivity index (χ0n) is 27.9. The molecule has 0 spiro atoms. The molecule has 8 unspecified atom stereocenters. The van der Waals surface area contributed by atoms with Crippen molar-refractivity contribution in [2.75, 3.05) is 7.11 Å². The molecule has 254 valence electrons.